The smallest absolute Gasteiger partial charge is 0.408 e. The Morgan fingerprint density at radius 3 is 2.06 bits per heavy atom. The summed E-state index contributed by atoms with van der Waals surface area (Å²) >= 11 is 0. The minimum absolute atomic E-state index is 0.0356. The summed E-state index contributed by atoms with van der Waals surface area (Å²) in [5, 5.41) is 22.7. The van der Waals surface area contributed by atoms with Crippen LogP contribution in [0.25, 0.3) is 0 Å². The van der Waals surface area contributed by atoms with Crippen LogP contribution in [0.2, 0.25) is 0 Å². The number of aliphatic hydroxyl groups excluding tert-OH is 1. The van der Waals surface area contributed by atoms with Gasteiger partial charge in [-0.15, -0.1) is 0 Å². The van der Waals surface area contributed by atoms with Gasteiger partial charge in [0, 0.05) is 25.0 Å². The van der Waals surface area contributed by atoms with Crippen LogP contribution < -0.4 is 21.3 Å². The van der Waals surface area contributed by atoms with Crippen molar-refractivity contribution in [2.75, 3.05) is 6.54 Å². The standard InChI is InChI=1S/C37H58N4O6/c1-25(33(43)38-24-29-19-13-8-14-20-29)21-32(42)30(22-27-15-9-6-10-16-27)40-34(44)26(2)39-35(45)31(23-28-17-11-7-12-18-28)41-36(46)47-37(3,4)5/h7,11-12,17-18,26-27,29-32,42H,1,6,8-10,13-16,19-24H2,2-5H3,(H,38,43)(H,39,45)(H,40,44)(H,41,46)/t26-,30-,31-,32-/m0/s1. The molecule has 1 aromatic rings. The van der Waals surface area contributed by atoms with E-state index in [1.165, 1.54) is 25.7 Å². The number of hydrogen-bond acceptors (Lipinski definition) is 6. The van der Waals surface area contributed by atoms with Crippen LogP contribution in [0.3, 0.4) is 0 Å². The number of aliphatic hydroxyl groups is 1. The number of benzene rings is 1. The SMILES string of the molecule is C=C(C[C@H](O)[C@H](CC1CCCCC1)NC(=O)[C@H](C)NC(=O)[C@H](Cc1ccccc1)NC(=O)OC(C)(C)C)C(=O)NCC1CCCCC1. The van der Waals surface area contributed by atoms with Gasteiger partial charge in [0.05, 0.1) is 12.1 Å². The van der Waals surface area contributed by atoms with Crippen LogP contribution in [0.4, 0.5) is 4.79 Å². The fourth-order valence-electron chi connectivity index (χ4n) is 6.53. The van der Waals surface area contributed by atoms with Gasteiger partial charge in [0.15, 0.2) is 0 Å². The second-order valence-corrected chi connectivity index (χ2v) is 14.6. The van der Waals surface area contributed by atoms with Crippen LogP contribution in [0, 0.1) is 11.8 Å². The molecule has 262 valence electrons. The zero-order chi connectivity index (χ0) is 34.4. The van der Waals surface area contributed by atoms with Gasteiger partial charge in [-0.2, -0.15) is 0 Å². The van der Waals surface area contributed by atoms with Crippen molar-refractivity contribution >= 4 is 23.8 Å². The molecule has 0 spiro atoms. The van der Waals surface area contributed by atoms with E-state index in [1.54, 1.807) is 27.7 Å². The van der Waals surface area contributed by atoms with Crippen LogP contribution in [-0.2, 0) is 25.5 Å². The summed E-state index contributed by atoms with van der Waals surface area (Å²) in [5.41, 5.74) is 0.370. The third kappa shape index (κ3) is 14.1. The highest BCUT2D eigenvalue weighted by Gasteiger charge is 2.31. The zero-order valence-corrected chi connectivity index (χ0v) is 28.9. The summed E-state index contributed by atoms with van der Waals surface area (Å²) in [6.45, 7) is 11.4. The Bertz CT molecular complexity index is 1170. The lowest BCUT2D eigenvalue weighted by atomic mass is 9.83. The van der Waals surface area contributed by atoms with Crippen LogP contribution in [0.1, 0.15) is 110 Å². The van der Waals surface area contributed by atoms with Gasteiger partial charge < -0.3 is 31.1 Å². The molecule has 2 aliphatic rings. The molecule has 0 bridgehead atoms. The third-order valence-corrected chi connectivity index (χ3v) is 9.20. The molecule has 0 radical (unpaired) electrons. The molecule has 0 saturated heterocycles. The molecular weight excluding hydrogens is 596 g/mol. The summed E-state index contributed by atoms with van der Waals surface area (Å²) in [6, 6.07) is 6.72. The Hall–Kier alpha value is -3.40. The molecule has 3 rings (SSSR count). The topological polar surface area (TPSA) is 146 Å². The molecule has 10 nitrogen and oxygen atoms in total. The Morgan fingerprint density at radius 1 is 0.872 bits per heavy atom. The average molecular weight is 655 g/mol. The van der Waals surface area contributed by atoms with E-state index in [0.717, 1.165) is 44.1 Å². The number of amides is 4. The van der Waals surface area contributed by atoms with E-state index in [1.807, 2.05) is 30.3 Å². The minimum Gasteiger partial charge on any atom is -0.444 e. The van der Waals surface area contributed by atoms with Gasteiger partial charge in [0.2, 0.25) is 17.7 Å². The molecule has 2 fully saturated rings. The third-order valence-electron chi connectivity index (χ3n) is 9.20. The minimum atomic E-state index is -1.02. The molecule has 0 heterocycles. The van der Waals surface area contributed by atoms with E-state index < -0.39 is 47.7 Å². The van der Waals surface area contributed by atoms with Crippen LogP contribution in [-0.4, -0.2) is 65.3 Å². The van der Waals surface area contributed by atoms with Crippen molar-refractivity contribution in [3.63, 3.8) is 0 Å². The maximum Gasteiger partial charge on any atom is 0.408 e. The number of carbonyl (C=O) groups excluding carboxylic acids is 4. The molecule has 10 heteroatoms. The normalized spacial score (nSPS) is 18.6. The first kappa shape index (κ1) is 38.1. The van der Waals surface area contributed by atoms with E-state index in [0.29, 0.717) is 24.8 Å². The molecule has 0 aliphatic heterocycles. The quantitative estimate of drug-likeness (QED) is 0.167. The molecule has 0 unspecified atom stereocenters. The largest absolute Gasteiger partial charge is 0.444 e. The van der Waals surface area contributed by atoms with E-state index in [-0.39, 0.29) is 24.3 Å². The summed E-state index contributed by atoms with van der Waals surface area (Å²) in [6.07, 6.45) is 10.4. The van der Waals surface area contributed by atoms with Crippen LogP contribution in [0.5, 0.6) is 0 Å². The van der Waals surface area contributed by atoms with Crippen molar-refractivity contribution in [3.05, 3.63) is 48.0 Å². The van der Waals surface area contributed by atoms with E-state index in [4.69, 9.17) is 4.74 Å². The number of hydrogen-bond donors (Lipinski definition) is 5. The van der Waals surface area contributed by atoms with Gasteiger partial charge in [-0.3, -0.25) is 14.4 Å². The molecule has 47 heavy (non-hydrogen) atoms. The van der Waals surface area contributed by atoms with Gasteiger partial charge >= 0.3 is 6.09 Å². The number of nitrogens with one attached hydrogen (secondary N) is 4. The average Bonchev–Trinajstić information content (AvgIpc) is 3.03. The first-order valence-electron chi connectivity index (χ1n) is 17.6. The van der Waals surface area contributed by atoms with Crippen molar-refractivity contribution in [1.82, 2.24) is 21.3 Å². The van der Waals surface area contributed by atoms with Crippen LogP contribution >= 0.6 is 0 Å². The predicted octanol–water partition coefficient (Wildman–Crippen LogP) is 5.09. The Morgan fingerprint density at radius 2 is 1.47 bits per heavy atom. The Labute approximate surface area is 281 Å². The highest BCUT2D eigenvalue weighted by atomic mass is 16.6. The lowest BCUT2D eigenvalue weighted by molar-refractivity contribution is -0.130. The van der Waals surface area contributed by atoms with Crippen molar-refractivity contribution in [3.8, 4) is 0 Å². The van der Waals surface area contributed by atoms with E-state index in [2.05, 4.69) is 27.8 Å². The van der Waals surface area contributed by atoms with Crippen molar-refractivity contribution in [2.24, 2.45) is 11.8 Å². The molecular formula is C37H58N4O6. The van der Waals surface area contributed by atoms with E-state index >= 15 is 0 Å². The highest BCUT2D eigenvalue weighted by molar-refractivity contribution is 5.93. The first-order valence-corrected chi connectivity index (χ1v) is 17.6. The van der Waals surface area contributed by atoms with Crippen molar-refractivity contribution in [1.29, 1.82) is 0 Å². The van der Waals surface area contributed by atoms with E-state index in [9.17, 15) is 24.3 Å². The second-order valence-electron chi connectivity index (χ2n) is 14.6. The summed E-state index contributed by atoms with van der Waals surface area (Å²) in [5.74, 6) is -0.432. The Kier molecular flexibility index (Phi) is 15.2. The molecule has 4 atom stereocenters. The lowest BCUT2D eigenvalue weighted by Crippen LogP contribution is -2.56. The Balaban J connectivity index is 1.63. The van der Waals surface area contributed by atoms with Gasteiger partial charge in [-0.05, 0) is 64.4 Å². The van der Waals surface area contributed by atoms with Gasteiger partial charge in [0.1, 0.15) is 17.7 Å². The highest BCUT2D eigenvalue weighted by Crippen LogP contribution is 2.29. The van der Waals surface area contributed by atoms with Gasteiger partial charge in [-0.25, -0.2) is 4.79 Å². The van der Waals surface area contributed by atoms with Crippen molar-refractivity contribution < 1.29 is 29.0 Å². The fraction of sp³-hybridized carbons (Fsp3) is 0.676. The van der Waals surface area contributed by atoms with Crippen LogP contribution in [0.15, 0.2) is 42.5 Å². The molecule has 0 aromatic heterocycles. The number of ether oxygens (including phenoxy) is 1. The van der Waals surface area contributed by atoms with Crippen molar-refractivity contribution in [2.45, 2.75) is 141 Å². The number of carbonyl (C=O) groups is 4. The second kappa shape index (κ2) is 18.8. The lowest BCUT2D eigenvalue weighted by Gasteiger charge is -2.31. The zero-order valence-electron chi connectivity index (χ0n) is 28.9. The summed E-state index contributed by atoms with van der Waals surface area (Å²) < 4.78 is 5.38. The molecule has 4 amide bonds. The summed E-state index contributed by atoms with van der Waals surface area (Å²) in [4.78, 5) is 52.3. The summed E-state index contributed by atoms with van der Waals surface area (Å²) in [7, 11) is 0. The number of alkyl carbamates (subject to hydrolysis) is 1. The molecule has 2 saturated carbocycles. The number of rotatable bonds is 15. The monoisotopic (exact) mass is 654 g/mol. The van der Waals surface area contributed by atoms with Gasteiger partial charge in [0.25, 0.3) is 0 Å². The van der Waals surface area contributed by atoms with Gasteiger partial charge in [-0.1, -0.05) is 88.3 Å². The molecule has 2 aliphatic carbocycles. The predicted molar refractivity (Wildman–Crippen MR) is 183 cm³/mol. The fourth-order valence-corrected chi connectivity index (χ4v) is 6.53. The molecule has 1 aromatic carbocycles. The maximum atomic E-state index is 13.5. The maximum absolute atomic E-state index is 13.5. The first-order chi connectivity index (χ1) is 22.3. The molecule has 5 N–H and O–H groups in total.